The van der Waals surface area contributed by atoms with E-state index in [9.17, 15) is 4.39 Å². The maximum atomic E-state index is 14.0. The van der Waals surface area contributed by atoms with E-state index in [0.717, 1.165) is 31.7 Å². The highest BCUT2D eigenvalue weighted by Gasteiger charge is 2.17. The molecule has 1 saturated heterocycles. The van der Waals surface area contributed by atoms with Crippen LogP contribution < -0.4 is 10.6 Å². The first-order valence-electron chi connectivity index (χ1n) is 6.06. The van der Waals surface area contributed by atoms with Gasteiger partial charge in [0.2, 0.25) is 0 Å². The van der Waals surface area contributed by atoms with Crippen molar-refractivity contribution in [2.24, 2.45) is 5.73 Å². The molecule has 3 nitrogen and oxygen atoms in total. The molecule has 0 saturated carbocycles. The standard InChI is InChI=1S/C13H20FN3/c1-10(15)11-3-4-13(12(14)9-11)17-7-5-16(2)6-8-17/h3-4,9-10H,5-8,15H2,1-2H3/t10-/m1/s1. The summed E-state index contributed by atoms with van der Waals surface area (Å²) in [6, 6.07) is 5.20. The van der Waals surface area contributed by atoms with E-state index in [1.165, 1.54) is 0 Å². The molecule has 94 valence electrons. The SMILES string of the molecule is C[C@@H](N)c1ccc(N2CCN(C)CC2)c(F)c1. The Morgan fingerprint density at radius 1 is 1.24 bits per heavy atom. The molecule has 4 heteroatoms. The molecule has 0 bridgehead atoms. The smallest absolute Gasteiger partial charge is 0.146 e. The van der Waals surface area contributed by atoms with Gasteiger partial charge in [-0.3, -0.25) is 0 Å². The molecule has 0 amide bonds. The first kappa shape index (κ1) is 12.3. The molecule has 0 radical (unpaired) electrons. The maximum absolute atomic E-state index is 14.0. The monoisotopic (exact) mass is 237 g/mol. The summed E-state index contributed by atoms with van der Waals surface area (Å²) < 4.78 is 14.0. The lowest BCUT2D eigenvalue weighted by molar-refractivity contribution is 0.311. The fourth-order valence-corrected chi connectivity index (χ4v) is 2.11. The van der Waals surface area contributed by atoms with Crippen LogP contribution in [0.2, 0.25) is 0 Å². The summed E-state index contributed by atoms with van der Waals surface area (Å²) >= 11 is 0. The van der Waals surface area contributed by atoms with Crippen molar-refractivity contribution < 1.29 is 4.39 Å². The minimum atomic E-state index is -0.163. The van der Waals surface area contributed by atoms with Gasteiger partial charge in [-0.05, 0) is 31.7 Å². The van der Waals surface area contributed by atoms with E-state index in [4.69, 9.17) is 5.73 Å². The van der Waals surface area contributed by atoms with Crippen molar-refractivity contribution in [1.29, 1.82) is 0 Å². The fourth-order valence-electron chi connectivity index (χ4n) is 2.11. The number of halogens is 1. The Balaban J connectivity index is 2.16. The number of likely N-dealkylation sites (N-methyl/N-ethyl adjacent to an activating group) is 1. The van der Waals surface area contributed by atoms with Crippen molar-refractivity contribution in [1.82, 2.24) is 4.90 Å². The van der Waals surface area contributed by atoms with Crippen LogP contribution in [0.25, 0.3) is 0 Å². The van der Waals surface area contributed by atoms with E-state index < -0.39 is 0 Å². The van der Waals surface area contributed by atoms with Gasteiger partial charge >= 0.3 is 0 Å². The van der Waals surface area contributed by atoms with Crippen LogP contribution in [0.1, 0.15) is 18.5 Å². The van der Waals surface area contributed by atoms with Gasteiger partial charge in [-0.25, -0.2) is 4.39 Å². The molecule has 1 heterocycles. The first-order chi connectivity index (χ1) is 8.08. The molecule has 2 N–H and O–H groups in total. The summed E-state index contributed by atoms with van der Waals surface area (Å²) in [4.78, 5) is 4.35. The van der Waals surface area contributed by atoms with Gasteiger partial charge in [0, 0.05) is 32.2 Å². The number of hydrogen-bond acceptors (Lipinski definition) is 3. The minimum Gasteiger partial charge on any atom is -0.367 e. The van der Waals surface area contributed by atoms with E-state index in [2.05, 4.69) is 16.8 Å². The van der Waals surface area contributed by atoms with Crippen molar-refractivity contribution in [2.45, 2.75) is 13.0 Å². The predicted octanol–water partition coefficient (Wildman–Crippen LogP) is 1.60. The molecule has 0 spiro atoms. The Labute approximate surface area is 102 Å². The summed E-state index contributed by atoms with van der Waals surface area (Å²) in [7, 11) is 2.09. The fraction of sp³-hybridized carbons (Fsp3) is 0.538. The van der Waals surface area contributed by atoms with E-state index in [1.54, 1.807) is 6.07 Å². The zero-order valence-electron chi connectivity index (χ0n) is 10.5. The Morgan fingerprint density at radius 2 is 1.88 bits per heavy atom. The van der Waals surface area contributed by atoms with Crippen LogP contribution in [-0.2, 0) is 0 Å². The molecule has 1 aromatic carbocycles. The predicted molar refractivity (Wildman–Crippen MR) is 68.7 cm³/mol. The summed E-state index contributed by atoms with van der Waals surface area (Å²) in [6.07, 6.45) is 0. The zero-order valence-corrected chi connectivity index (χ0v) is 10.5. The highest BCUT2D eigenvalue weighted by Crippen LogP contribution is 2.23. The molecule has 1 aliphatic heterocycles. The average Bonchev–Trinajstić information content (AvgIpc) is 2.30. The van der Waals surface area contributed by atoms with Crippen molar-refractivity contribution in [2.75, 3.05) is 38.1 Å². The highest BCUT2D eigenvalue weighted by molar-refractivity contribution is 5.50. The van der Waals surface area contributed by atoms with Gasteiger partial charge in [0.25, 0.3) is 0 Å². The molecule has 0 aromatic heterocycles. The number of hydrogen-bond donors (Lipinski definition) is 1. The highest BCUT2D eigenvalue weighted by atomic mass is 19.1. The zero-order chi connectivity index (χ0) is 12.4. The number of benzene rings is 1. The Bertz CT molecular complexity index is 384. The first-order valence-corrected chi connectivity index (χ1v) is 6.06. The van der Waals surface area contributed by atoms with Crippen LogP contribution in [-0.4, -0.2) is 38.1 Å². The molecule has 1 fully saturated rings. The second-order valence-corrected chi connectivity index (χ2v) is 4.79. The molecule has 0 aliphatic carbocycles. The van der Waals surface area contributed by atoms with Gasteiger partial charge in [0.15, 0.2) is 0 Å². The molecule has 1 aliphatic rings. The van der Waals surface area contributed by atoms with Gasteiger partial charge in [-0.2, -0.15) is 0 Å². The van der Waals surface area contributed by atoms with Crippen LogP contribution in [0, 0.1) is 5.82 Å². The van der Waals surface area contributed by atoms with Crippen LogP contribution in [0.4, 0.5) is 10.1 Å². The normalized spacial score (nSPS) is 19.4. The van der Waals surface area contributed by atoms with E-state index >= 15 is 0 Å². The molecular formula is C13H20FN3. The largest absolute Gasteiger partial charge is 0.367 e. The van der Waals surface area contributed by atoms with Crippen LogP contribution >= 0.6 is 0 Å². The summed E-state index contributed by atoms with van der Waals surface area (Å²) in [5.41, 5.74) is 7.29. The third-order valence-electron chi connectivity index (χ3n) is 3.34. The van der Waals surface area contributed by atoms with Crippen molar-refractivity contribution in [3.05, 3.63) is 29.6 Å². The van der Waals surface area contributed by atoms with Gasteiger partial charge in [-0.15, -0.1) is 0 Å². The van der Waals surface area contributed by atoms with Gasteiger partial charge in [0.05, 0.1) is 5.69 Å². The van der Waals surface area contributed by atoms with Crippen LogP contribution in [0.5, 0.6) is 0 Å². The van der Waals surface area contributed by atoms with E-state index in [1.807, 2.05) is 19.1 Å². The Hall–Kier alpha value is -1.13. The number of rotatable bonds is 2. The van der Waals surface area contributed by atoms with Gasteiger partial charge in [-0.1, -0.05) is 6.07 Å². The topological polar surface area (TPSA) is 32.5 Å². The number of nitrogens with zero attached hydrogens (tertiary/aromatic N) is 2. The Morgan fingerprint density at radius 3 is 2.41 bits per heavy atom. The minimum absolute atomic E-state index is 0.119. The molecule has 0 unspecified atom stereocenters. The quantitative estimate of drug-likeness (QED) is 0.848. The molecule has 1 aromatic rings. The molecule has 1 atom stereocenters. The number of anilines is 1. The van der Waals surface area contributed by atoms with Crippen LogP contribution in [0.3, 0.4) is 0 Å². The molecular weight excluding hydrogens is 217 g/mol. The third kappa shape index (κ3) is 2.76. The van der Waals surface area contributed by atoms with Gasteiger partial charge in [0.1, 0.15) is 5.82 Å². The second kappa shape index (κ2) is 5.02. The van der Waals surface area contributed by atoms with Crippen molar-refractivity contribution in [3.63, 3.8) is 0 Å². The number of piperazine rings is 1. The molecule has 17 heavy (non-hydrogen) atoms. The van der Waals surface area contributed by atoms with Crippen molar-refractivity contribution in [3.8, 4) is 0 Å². The van der Waals surface area contributed by atoms with Crippen molar-refractivity contribution >= 4 is 5.69 Å². The van der Waals surface area contributed by atoms with E-state index in [-0.39, 0.29) is 11.9 Å². The Kier molecular flexibility index (Phi) is 3.64. The van der Waals surface area contributed by atoms with Crippen LogP contribution in [0.15, 0.2) is 18.2 Å². The molecule has 2 rings (SSSR count). The second-order valence-electron chi connectivity index (χ2n) is 4.79. The number of nitrogens with two attached hydrogens (primary N) is 1. The summed E-state index contributed by atoms with van der Waals surface area (Å²) in [5.74, 6) is -0.163. The average molecular weight is 237 g/mol. The lowest BCUT2D eigenvalue weighted by atomic mass is 10.1. The van der Waals surface area contributed by atoms with E-state index in [0.29, 0.717) is 5.69 Å². The lowest BCUT2D eigenvalue weighted by Crippen LogP contribution is -2.44. The maximum Gasteiger partial charge on any atom is 0.146 e. The summed E-state index contributed by atoms with van der Waals surface area (Å²) in [5, 5.41) is 0. The third-order valence-corrected chi connectivity index (χ3v) is 3.34. The lowest BCUT2D eigenvalue weighted by Gasteiger charge is -2.34. The van der Waals surface area contributed by atoms with Gasteiger partial charge < -0.3 is 15.5 Å². The summed E-state index contributed by atoms with van der Waals surface area (Å²) in [6.45, 7) is 5.59.